The lowest BCUT2D eigenvalue weighted by Crippen LogP contribution is -2.49. The molecule has 0 radical (unpaired) electrons. The number of piperazine rings is 1. The molecular weight excluding hydrogens is 416 g/mol. The highest BCUT2D eigenvalue weighted by Crippen LogP contribution is 2.39. The Labute approximate surface area is 163 Å². The topological polar surface area (TPSA) is 95.8 Å². The minimum Gasteiger partial charge on any atom is -0.314 e. The second-order valence-electron chi connectivity index (χ2n) is 6.59. The Hall–Kier alpha value is -2.36. The minimum atomic E-state index is -0.501. The summed E-state index contributed by atoms with van der Waals surface area (Å²) in [6.45, 7) is 4.44. The van der Waals surface area contributed by atoms with Crippen LogP contribution in [-0.4, -0.2) is 65.8 Å². The van der Waals surface area contributed by atoms with Gasteiger partial charge in [0.05, 0.1) is 10.3 Å². The standard InChI is InChI=1S/C18H17BrN4O4/c19-13-3-1-11-15-12(2-4-14(16(13)15)23(26)27)18(25)22(17(11)24)10-9-21-7-5-20-6-8-21/h1-4,20H,5-10H2. The molecule has 2 amide bonds. The molecule has 2 aromatic rings. The second kappa shape index (κ2) is 6.99. The number of imide groups is 1. The van der Waals surface area contributed by atoms with E-state index in [0.717, 1.165) is 26.2 Å². The predicted molar refractivity (Wildman–Crippen MR) is 103 cm³/mol. The fourth-order valence-electron chi connectivity index (χ4n) is 3.71. The van der Waals surface area contributed by atoms with E-state index in [2.05, 4.69) is 26.1 Å². The van der Waals surface area contributed by atoms with Crippen molar-refractivity contribution in [1.29, 1.82) is 0 Å². The van der Waals surface area contributed by atoms with Crippen LogP contribution in [0.25, 0.3) is 10.8 Å². The van der Waals surface area contributed by atoms with E-state index in [-0.39, 0.29) is 5.69 Å². The number of carbonyl (C=O) groups is 2. The van der Waals surface area contributed by atoms with Crippen LogP contribution in [0.3, 0.4) is 0 Å². The highest BCUT2D eigenvalue weighted by Gasteiger charge is 2.35. The first-order chi connectivity index (χ1) is 13.0. The van der Waals surface area contributed by atoms with E-state index in [4.69, 9.17) is 0 Å². The summed E-state index contributed by atoms with van der Waals surface area (Å²) in [6, 6.07) is 6.01. The highest BCUT2D eigenvalue weighted by molar-refractivity contribution is 9.10. The molecule has 0 bridgehead atoms. The van der Waals surface area contributed by atoms with Crippen molar-refractivity contribution >= 4 is 44.2 Å². The Morgan fingerprint density at radius 3 is 2.26 bits per heavy atom. The summed E-state index contributed by atoms with van der Waals surface area (Å²) in [7, 11) is 0. The Balaban J connectivity index is 1.74. The first kappa shape index (κ1) is 18.0. The van der Waals surface area contributed by atoms with Gasteiger partial charge in [0.25, 0.3) is 17.5 Å². The van der Waals surface area contributed by atoms with Crippen LogP contribution in [0.4, 0.5) is 5.69 Å². The predicted octanol–water partition coefficient (Wildman–Crippen LogP) is 2.01. The van der Waals surface area contributed by atoms with E-state index in [1.165, 1.54) is 17.0 Å². The zero-order valence-corrected chi connectivity index (χ0v) is 16.0. The zero-order chi connectivity index (χ0) is 19.1. The van der Waals surface area contributed by atoms with E-state index >= 15 is 0 Å². The van der Waals surface area contributed by atoms with Crippen LogP contribution < -0.4 is 5.32 Å². The van der Waals surface area contributed by atoms with Gasteiger partial charge in [0, 0.05) is 66.3 Å². The number of rotatable bonds is 4. The molecule has 2 aliphatic rings. The average Bonchev–Trinajstić information content (AvgIpc) is 2.67. The van der Waals surface area contributed by atoms with Gasteiger partial charge in [0.2, 0.25) is 0 Å². The van der Waals surface area contributed by atoms with Gasteiger partial charge in [0.15, 0.2) is 0 Å². The van der Waals surface area contributed by atoms with Crippen LogP contribution in [-0.2, 0) is 0 Å². The zero-order valence-electron chi connectivity index (χ0n) is 14.4. The van der Waals surface area contributed by atoms with Crippen LogP contribution in [0.5, 0.6) is 0 Å². The van der Waals surface area contributed by atoms with Crippen molar-refractivity contribution in [2.45, 2.75) is 0 Å². The van der Waals surface area contributed by atoms with Gasteiger partial charge in [-0.2, -0.15) is 0 Å². The molecule has 2 aliphatic heterocycles. The van der Waals surface area contributed by atoms with E-state index in [9.17, 15) is 19.7 Å². The third-order valence-electron chi connectivity index (χ3n) is 5.09. The van der Waals surface area contributed by atoms with Crippen molar-refractivity contribution in [3.63, 3.8) is 0 Å². The third kappa shape index (κ3) is 3.01. The van der Waals surface area contributed by atoms with Crippen LogP contribution in [0, 0.1) is 10.1 Å². The van der Waals surface area contributed by atoms with Crippen LogP contribution >= 0.6 is 15.9 Å². The van der Waals surface area contributed by atoms with E-state index in [0.29, 0.717) is 39.5 Å². The lowest BCUT2D eigenvalue weighted by Gasteiger charge is -2.31. The Morgan fingerprint density at radius 1 is 1.00 bits per heavy atom. The van der Waals surface area contributed by atoms with E-state index in [1.54, 1.807) is 12.1 Å². The monoisotopic (exact) mass is 432 g/mol. The van der Waals surface area contributed by atoms with Crippen molar-refractivity contribution in [3.8, 4) is 0 Å². The largest absolute Gasteiger partial charge is 0.314 e. The first-order valence-corrected chi connectivity index (χ1v) is 9.47. The molecule has 2 heterocycles. The number of hydrogen-bond acceptors (Lipinski definition) is 6. The molecule has 2 aromatic carbocycles. The molecule has 0 aliphatic carbocycles. The number of nitro benzene ring substituents is 1. The van der Waals surface area contributed by atoms with Gasteiger partial charge in [-0.1, -0.05) is 0 Å². The van der Waals surface area contributed by atoms with E-state index in [1.807, 2.05) is 0 Å². The molecule has 27 heavy (non-hydrogen) atoms. The molecule has 1 fully saturated rings. The van der Waals surface area contributed by atoms with Gasteiger partial charge in [-0.25, -0.2) is 0 Å². The maximum atomic E-state index is 13.0. The Kier molecular flexibility index (Phi) is 4.67. The maximum absolute atomic E-state index is 13.0. The third-order valence-corrected chi connectivity index (χ3v) is 5.75. The van der Waals surface area contributed by atoms with Gasteiger partial charge in [0.1, 0.15) is 0 Å². The summed E-state index contributed by atoms with van der Waals surface area (Å²) < 4.78 is 0.490. The molecule has 0 saturated carbocycles. The fraction of sp³-hybridized carbons (Fsp3) is 0.333. The van der Waals surface area contributed by atoms with Crippen molar-refractivity contribution in [3.05, 3.63) is 50.0 Å². The van der Waals surface area contributed by atoms with Crippen LogP contribution in [0.1, 0.15) is 20.7 Å². The molecule has 140 valence electrons. The van der Waals surface area contributed by atoms with E-state index < -0.39 is 16.7 Å². The van der Waals surface area contributed by atoms with Gasteiger partial charge in [-0.15, -0.1) is 0 Å². The molecular formula is C18H17BrN4O4. The average molecular weight is 433 g/mol. The number of halogens is 1. The quantitative estimate of drug-likeness (QED) is 0.450. The number of carbonyl (C=O) groups excluding carboxylic acids is 2. The molecule has 0 atom stereocenters. The summed E-state index contributed by atoms with van der Waals surface area (Å²) >= 11 is 3.32. The number of nitrogens with one attached hydrogen (secondary N) is 1. The molecule has 4 rings (SSSR count). The maximum Gasteiger partial charge on any atom is 0.278 e. The van der Waals surface area contributed by atoms with Crippen molar-refractivity contribution < 1.29 is 14.5 Å². The lowest BCUT2D eigenvalue weighted by molar-refractivity contribution is -0.383. The number of amides is 2. The smallest absolute Gasteiger partial charge is 0.278 e. The second-order valence-corrected chi connectivity index (χ2v) is 7.44. The molecule has 0 aromatic heterocycles. The van der Waals surface area contributed by atoms with Crippen molar-refractivity contribution in [2.24, 2.45) is 0 Å². The van der Waals surface area contributed by atoms with Gasteiger partial charge in [-0.05, 0) is 34.1 Å². The van der Waals surface area contributed by atoms with Crippen molar-refractivity contribution in [2.75, 3.05) is 39.3 Å². The summed E-state index contributed by atoms with van der Waals surface area (Å²) in [5.41, 5.74) is 0.524. The van der Waals surface area contributed by atoms with Gasteiger partial charge in [-0.3, -0.25) is 29.5 Å². The number of hydrogen-bond donors (Lipinski definition) is 1. The number of non-ortho nitro benzene ring substituents is 1. The Morgan fingerprint density at radius 2 is 1.63 bits per heavy atom. The van der Waals surface area contributed by atoms with Gasteiger partial charge >= 0.3 is 0 Å². The van der Waals surface area contributed by atoms with Gasteiger partial charge < -0.3 is 5.32 Å². The van der Waals surface area contributed by atoms with Crippen molar-refractivity contribution in [1.82, 2.24) is 15.1 Å². The number of nitro groups is 1. The first-order valence-electron chi connectivity index (χ1n) is 8.68. The van der Waals surface area contributed by atoms with Crippen LogP contribution in [0.2, 0.25) is 0 Å². The SMILES string of the molecule is O=C1c2ccc(Br)c3c([N+](=O)[O-])ccc(c23)C(=O)N1CCN1CCNCC1. The molecule has 1 saturated heterocycles. The minimum absolute atomic E-state index is 0.127. The Bertz CT molecular complexity index is 949. The summed E-state index contributed by atoms with van der Waals surface area (Å²) in [5, 5.41) is 15.3. The molecule has 0 unspecified atom stereocenters. The summed E-state index contributed by atoms with van der Waals surface area (Å²) in [5.74, 6) is -0.804. The normalized spacial score (nSPS) is 17.6. The number of nitrogens with zero attached hydrogens (tertiary/aromatic N) is 3. The molecule has 9 heteroatoms. The summed E-state index contributed by atoms with van der Waals surface area (Å²) in [6.07, 6.45) is 0. The fourth-order valence-corrected chi connectivity index (χ4v) is 4.24. The number of benzene rings is 2. The lowest BCUT2D eigenvalue weighted by atomic mass is 9.93. The van der Waals surface area contributed by atoms with Crippen LogP contribution in [0.15, 0.2) is 28.7 Å². The summed E-state index contributed by atoms with van der Waals surface area (Å²) in [4.78, 5) is 40.3. The highest BCUT2D eigenvalue weighted by atomic mass is 79.9. The molecule has 8 nitrogen and oxygen atoms in total. The molecule has 0 spiro atoms. The molecule has 1 N–H and O–H groups in total.